The molecule has 1 amide bonds. The first-order valence-electron chi connectivity index (χ1n) is 6.64. The summed E-state index contributed by atoms with van der Waals surface area (Å²) >= 11 is 11.8. The Hall–Kier alpha value is -1.71. The van der Waals surface area contributed by atoms with E-state index in [1.807, 2.05) is 42.5 Å². The Labute approximate surface area is 130 Å². The van der Waals surface area contributed by atoms with E-state index in [4.69, 9.17) is 27.6 Å². The number of alkyl halides is 2. The fourth-order valence-corrected chi connectivity index (χ4v) is 3.04. The van der Waals surface area contributed by atoms with E-state index in [9.17, 15) is 4.79 Å². The maximum atomic E-state index is 12.0. The number of benzene rings is 2. The van der Waals surface area contributed by atoms with E-state index < -0.39 is 4.33 Å². The number of halogens is 2. The quantitative estimate of drug-likeness (QED) is 0.694. The van der Waals surface area contributed by atoms with Crippen LogP contribution in [-0.2, 0) is 4.79 Å². The van der Waals surface area contributed by atoms with E-state index in [1.165, 1.54) is 0 Å². The topological polar surface area (TPSA) is 42.2 Å². The third-order valence-corrected chi connectivity index (χ3v) is 4.62. The molecule has 1 N–H and O–H groups in total. The number of anilines is 1. The van der Waals surface area contributed by atoms with Gasteiger partial charge in [0.2, 0.25) is 5.91 Å². The highest BCUT2D eigenvalue weighted by atomic mass is 35.5. The number of carbonyl (C=O) groups is 1. The third kappa shape index (κ3) is 2.17. The molecule has 2 aromatic carbocycles. The summed E-state index contributed by atoms with van der Waals surface area (Å²) in [5.74, 6) is -0.482. The predicted molar refractivity (Wildman–Crippen MR) is 84.9 cm³/mol. The van der Waals surface area contributed by atoms with Crippen LogP contribution in [0.15, 0.2) is 46.9 Å². The van der Waals surface area contributed by atoms with Crippen molar-refractivity contribution >= 4 is 56.7 Å². The molecule has 1 heterocycles. The summed E-state index contributed by atoms with van der Waals surface area (Å²) in [6, 6.07) is 13.4. The molecule has 1 aliphatic carbocycles. The second-order valence-electron chi connectivity index (χ2n) is 5.32. The molecule has 3 nitrogen and oxygen atoms in total. The summed E-state index contributed by atoms with van der Waals surface area (Å²) in [6.07, 6.45) is 0.499. The minimum atomic E-state index is -0.906. The SMILES string of the molecule is O=C(Nc1ccc2oc3ccccc3c2c1)C1CC1(Cl)Cl. The number of carbonyl (C=O) groups excluding carboxylic acids is 1. The molecule has 0 aliphatic heterocycles. The number of rotatable bonds is 2. The summed E-state index contributed by atoms with van der Waals surface area (Å²) in [5.41, 5.74) is 2.35. The Morgan fingerprint density at radius 2 is 1.86 bits per heavy atom. The van der Waals surface area contributed by atoms with Crippen molar-refractivity contribution in [2.45, 2.75) is 10.8 Å². The van der Waals surface area contributed by atoms with Crippen molar-refractivity contribution in [2.75, 3.05) is 5.32 Å². The zero-order valence-corrected chi connectivity index (χ0v) is 12.4. The normalized spacial score (nSPS) is 19.8. The van der Waals surface area contributed by atoms with Crippen molar-refractivity contribution in [3.8, 4) is 0 Å². The maximum absolute atomic E-state index is 12.0. The summed E-state index contributed by atoms with van der Waals surface area (Å²) in [5, 5.41) is 4.86. The number of para-hydroxylation sites is 1. The lowest BCUT2D eigenvalue weighted by atomic mass is 10.1. The van der Waals surface area contributed by atoms with E-state index in [0.29, 0.717) is 6.42 Å². The number of amides is 1. The van der Waals surface area contributed by atoms with Crippen molar-refractivity contribution in [3.05, 3.63) is 42.5 Å². The zero-order valence-electron chi connectivity index (χ0n) is 10.9. The van der Waals surface area contributed by atoms with Crippen LogP contribution < -0.4 is 5.32 Å². The fraction of sp³-hybridized carbons (Fsp3) is 0.188. The molecule has 1 fully saturated rings. The molecular weight excluding hydrogens is 309 g/mol. The molecule has 1 saturated carbocycles. The van der Waals surface area contributed by atoms with Crippen LogP contribution in [0.4, 0.5) is 5.69 Å². The van der Waals surface area contributed by atoms with Gasteiger partial charge < -0.3 is 9.73 Å². The minimum absolute atomic E-state index is 0.146. The van der Waals surface area contributed by atoms with E-state index in [2.05, 4.69) is 5.32 Å². The van der Waals surface area contributed by atoms with E-state index in [-0.39, 0.29) is 11.8 Å². The van der Waals surface area contributed by atoms with Gasteiger partial charge in [-0.05, 0) is 30.7 Å². The maximum Gasteiger partial charge on any atom is 0.230 e. The van der Waals surface area contributed by atoms with Gasteiger partial charge in [0.15, 0.2) is 0 Å². The van der Waals surface area contributed by atoms with Crippen LogP contribution in [0.25, 0.3) is 21.9 Å². The molecule has 0 radical (unpaired) electrons. The van der Waals surface area contributed by atoms with Gasteiger partial charge in [-0.2, -0.15) is 0 Å². The lowest BCUT2D eigenvalue weighted by molar-refractivity contribution is -0.117. The lowest BCUT2D eigenvalue weighted by Gasteiger charge is -2.05. The van der Waals surface area contributed by atoms with Gasteiger partial charge in [-0.15, -0.1) is 23.2 Å². The minimum Gasteiger partial charge on any atom is -0.456 e. The standard InChI is InChI=1S/C16H11Cl2NO2/c17-16(18)8-12(16)15(20)19-9-5-6-14-11(7-9)10-3-1-2-4-13(10)21-14/h1-7,12H,8H2,(H,19,20). The van der Waals surface area contributed by atoms with Gasteiger partial charge in [-0.1, -0.05) is 18.2 Å². The molecule has 1 aromatic heterocycles. The van der Waals surface area contributed by atoms with Gasteiger partial charge in [0.05, 0.1) is 5.92 Å². The summed E-state index contributed by atoms with van der Waals surface area (Å²) in [7, 11) is 0. The second-order valence-corrected chi connectivity index (χ2v) is 6.86. The second kappa shape index (κ2) is 4.39. The molecule has 3 aromatic rings. The van der Waals surface area contributed by atoms with Crippen LogP contribution in [0.1, 0.15) is 6.42 Å². The Kier molecular flexibility index (Phi) is 2.72. The number of furan rings is 1. The Morgan fingerprint density at radius 1 is 1.14 bits per heavy atom. The van der Waals surface area contributed by atoms with Gasteiger partial charge in [0, 0.05) is 16.5 Å². The highest BCUT2D eigenvalue weighted by Gasteiger charge is 2.56. The molecule has 0 spiro atoms. The predicted octanol–water partition coefficient (Wildman–Crippen LogP) is 4.72. The number of hydrogen-bond acceptors (Lipinski definition) is 2. The summed E-state index contributed by atoms with van der Waals surface area (Å²) in [4.78, 5) is 12.0. The molecule has 106 valence electrons. The van der Waals surface area contributed by atoms with Crippen molar-refractivity contribution in [2.24, 2.45) is 5.92 Å². The van der Waals surface area contributed by atoms with Crippen LogP contribution >= 0.6 is 23.2 Å². The van der Waals surface area contributed by atoms with Crippen LogP contribution in [0.3, 0.4) is 0 Å². The van der Waals surface area contributed by atoms with Gasteiger partial charge in [-0.3, -0.25) is 4.79 Å². The van der Waals surface area contributed by atoms with Gasteiger partial charge in [-0.25, -0.2) is 0 Å². The van der Waals surface area contributed by atoms with Crippen LogP contribution in [-0.4, -0.2) is 10.2 Å². The molecule has 1 unspecified atom stereocenters. The monoisotopic (exact) mass is 319 g/mol. The molecule has 1 atom stereocenters. The van der Waals surface area contributed by atoms with E-state index >= 15 is 0 Å². The van der Waals surface area contributed by atoms with Gasteiger partial charge in [0.25, 0.3) is 0 Å². The molecule has 4 rings (SSSR count). The molecule has 0 bridgehead atoms. The highest BCUT2D eigenvalue weighted by molar-refractivity contribution is 6.52. The molecule has 21 heavy (non-hydrogen) atoms. The van der Waals surface area contributed by atoms with E-state index in [0.717, 1.165) is 27.6 Å². The molecular formula is C16H11Cl2NO2. The summed E-state index contributed by atoms with van der Waals surface area (Å²) in [6.45, 7) is 0. The molecule has 5 heteroatoms. The van der Waals surface area contributed by atoms with Crippen LogP contribution in [0.5, 0.6) is 0 Å². The average Bonchev–Trinajstić information content (AvgIpc) is 2.95. The van der Waals surface area contributed by atoms with Gasteiger partial charge in [0.1, 0.15) is 15.5 Å². The zero-order chi connectivity index (χ0) is 14.6. The number of hydrogen-bond donors (Lipinski definition) is 1. The Morgan fingerprint density at radius 3 is 2.62 bits per heavy atom. The first-order valence-corrected chi connectivity index (χ1v) is 7.40. The van der Waals surface area contributed by atoms with Crippen LogP contribution in [0, 0.1) is 5.92 Å². The van der Waals surface area contributed by atoms with Gasteiger partial charge >= 0.3 is 0 Å². The van der Waals surface area contributed by atoms with Crippen molar-refractivity contribution < 1.29 is 9.21 Å². The van der Waals surface area contributed by atoms with Crippen molar-refractivity contribution in [1.82, 2.24) is 0 Å². The average molecular weight is 320 g/mol. The van der Waals surface area contributed by atoms with Crippen LogP contribution in [0.2, 0.25) is 0 Å². The Bertz CT molecular complexity index is 869. The highest BCUT2D eigenvalue weighted by Crippen LogP contribution is 2.53. The third-order valence-electron chi connectivity index (χ3n) is 3.79. The number of nitrogens with one attached hydrogen (secondary N) is 1. The van der Waals surface area contributed by atoms with E-state index in [1.54, 1.807) is 0 Å². The number of fused-ring (bicyclic) bond motifs is 3. The van der Waals surface area contributed by atoms with Crippen molar-refractivity contribution in [3.63, 3.8) is 0 Å². The Balaban J connectivity index is 1.70. The lowest BCUT2D eigenvalue weighted by Crippen LogP contribution is -2.16. The van der Waals surface area contributed by atoms with Crippen molar-refractivity contribution in [1.29, 1.82) is 0 Å². The summed E-state index contributed by atoms with van der Waals surface area (Å²) < 4.78 is 4.84. The first-order chi connectivity index (χ1) is 10.0. The fourth-order valence-electron chi connectivity index (χ4n) is 2.53. The molecule has 0 saturated heterocycles. The largest absolute Gasteiger partial charge is 0.456 e. The molecule has 1 aliphatic rings. The smallest absolute Gasteiger partial charge is 0.230 e. The first kappa shape index (κ1) is 13.0.